The van der Waals surface area contributed by atoms with E-state index in [1.165, 1.54) is 19.0 Å². The summed E-state index contributed by atoms with van der Waals surface area (Å²) in [4.78, 5) is 27.3. The van der Waals surface area contributed by atoms with Crippen LogP contribution in [0.4, 0.5) is 0 Å². The van der Waals surface area contributed by atoms with E-state index in [2.05, 4.69) is 28.8 Å². The molecule has 0 aromatic carbocycles. The second kappa shape index (κ2) is 9.24. The second-order valence-electron chi connectivity index (χ2n) is 7.80. The van der Waals surface area contributed by atoms with Crippen LogP contribution in [0.3, 0.4) is 0 Å². The number of aromatic nitrogens is 3. The van der Waals surface area contributed by atoms with Crippen molar-refractivity contribution in [2.24, 2.45) is 5.18 Å². The van der Waals surface area contributed by atoms with Gasteiger partial charge in [-0.3, -0.25) is 4.79 Å². The molecule has 1 aliphatic carbocycles. The number of carbonyl (C=O) groups excluding carboxylic acids is 1. The largest absolute Gasteiger partial charge is 0.454 e. The Morgan fingerprint density at radius 2 is 1.94 bits per heavy atom. The molecule has 8 nitrogen and oxygen atoms in total. The first-order valence-electron chi connectivity index (χ1n) is 10.8. The molecule has 2 aromatic heterocycles. The van der Waals surface area contributed by atoms with E-state index in [0.29, 0.717) is 17.2 Å². The molecule has 0 bridgehead atoms. The molecule has 4 rings (SSSR count). The van der Waals surface area contributed by atoms with E-state index < -0.39 is 5.91 Å². The molecular weight excluding hydrogens is 396 g/mol. The number of amides is 1. The summed E-state index contributed by atoms with van der Waals surface area (Å²) >= 11 is 0. The van der Waals surface area contributed by atoms with Crippen molar-refractivity contribution in [2.75, 3.05) is 6.79 Å². The Morgan fingerprint density at radius 1 is 1.19 bits per heavy atom. The van der Waals surface area contributed by atoms with E-state index in [4.69, 9.17) is 9.47 Å². The summed E-state index contributed by atoms with van der Waals surface area (Å²) in [7, 11) is 0. The molecular formula is C23H26N4O4. The lowest BCUT2D eigenvalue weighted by Crippen LogP contribution is -2.12. The van der Waals surface area contributed by atoms with E-state index in [9.17, 15) is 9.70 Å². The van der Waals surface area contributed by atoms with Crippen molar-refractivity contribution in [3.05, 3.63) is 64.4 Å². The van der Waals surface area contributed by atoms with E-state index in [1.54, 1.807) is 16.8 Å². The van der Waals surface area contributed by atoms with Crippen molar-refractivity contribution in [2.45, 2.75) is 57.8 Å². The highest BCUT2D eigenvalue weighted by Crippen LogP contribution is 2.37. The molecule has 0 saturated heterocycles. The van der Waals surface area contributed by atoms with Crippen molar-refractivity contribution in [3.63, 3.8) is 0 Å². The van der Waals surface area contributed by atoms with Gasteiger partial charge in [0.15, 0.2) is 17.2 Å². The van der Waals surface area contributed by atoms with Gasteiger partial charge in [0.05, 0.1) is 11.9 Å². The van der Waals surface area contributed by atoms with Gasteiger partial charge in [0.25, 0.3) is 0 Å². The highest BCUT2D eigenvalue weighted by Gasteiger charge is 2.26. The van der Waals surface area contributed by atoms with Crippen LogP contribution in [0, 0.1) is 4.91 Å². The average Bonchev–Trinajstić information content (AvgIpc) is 3.34. The van der Waals surface area contributed by atoms with Crippen LogP contribution < -0.4 is 0 Å². The Hall–Kier alpha value is -3.29. The summed E-state index contributed by atoms with van der Waals surface area (Å²) in [5, 5.41) is 7.02. The molecule has 1 fully saturated rings. The fourth-order valence-electron chi connectivity index (χ4n) is 4.44. The van der Waals surface area contributed by atoms with Crippen LogP contribution in [-0.4, -0.2) is 27.3 Å². The zero-order chi connectivity index (χ0) is 21.8. The lowest BCUT2D eigenvalue weighted by molar-refractivity contribution is 0.0778. The molecule has 8 heteroatoms. The number of ether oxygens (including phenoxy) is 2. The van der Waals surface area contributed by atoms with Gasteiger partial charge in [-0.1, -0.05) is 39.2 Å². The topological polar surface area (TPSA) is 95.2 Å². The number of carbonyl (C=O) groups is 1. The molecule has 2 aromatic rings. The maximum Gasteiger partial charge on any atom is 0.322 e. The molecule has 0 atom stereocenters. The van der Waals surface area contributed by atoms with Crippen molar-refractivity contribution in [1.82, 2.24) is 14.6 Å². The third-order valence-corrected chi connectivity index (χ3v) is 6.01. The van der Waals surface area contributed by atoms with E-state index in [-0.39, 0.29) is 18.3 Å². The van der Waals surface area contributed by atoms with Gasteiger partial charge in [-0.25, -0.2) is 9.50 Å². The van der Waals surface area contributed by atoms with Gasteiger partial charge in [-0.15, -0.1) is 4.91 Å². The monoisotopic (exact) mass is 422 g/mol. The minimum atomic E-state index is -0.856. The fourth-order valence-corrected chi connectivity index (χ4v) is 4.44. The number of allylic oxidation sites excluding steroid dienone is 3. The van der Waals surface area contributed by atoms with Gasteiger partial charge in [-0.05, 0) is 37.0 Å². The van der Waals surface area contributed by atoms with E-state index in [0.717, 1.165) is 48.9 Å². The van der Waals surface area contributed by atoms with Crippen LogP contribution in [0.25, 0.3) is 11.2 Å². The molecule has 0 spiro atoms. The van der Waals surface area contributed by atoms with Crippen LogP contribution in [0.15, 0.2) is 47.8 Å². The Balaban J connectivity index is 1.91. The maximum absolute atomic E-state index is 12.0. The third-order valence-electron chi connectivity index (χ3n) is 6.01. The van der Waals surface area contributed by atoms with Crippen LogP contribution in [0.5, 0.6) is 0 Å². The molecule has 2 aliphatic rings. The standard InChI is InChI=1S/C23H26N4O4/c1-3-15(11-20-19(4-2)30-14-31-20)17-12-24-22-18(23(28)26-29)13-25-27(22)21(17)16-9-7-5-6-8-10-16/h4,11-13,16H,2-3,5-10,14H2,1H3/b15-11+. The van der Waals surface area contributed by atoms with Gasteiger partial charge < -0.3 is 9.47 Å². The minimum absolute atomic E-state index is 0.127. The summed E-state index contributed by atoms with van der Waals surface area (Å²) in [6, 6.07) is 0. The lowest BCUT2D eigenvalue weighted by atomic mass is 9.89. The van der Waals surface area contributed by atoms with Gasteiger partial charge in [0, 0.05) is 22.9 Å². The third kappa shape index (κ3) is 4.02. The number of fused-ring (bicyclic) bond motifs is 1. The van der Waals surface area contributed by atoms with Crippen LogP contribution in [0.2, 0.25) is 0 Å². The van der Waals surface area contributed by atoms with Crippen LogP contribution in [-0.2, 0) is 9.47 Å². The summed E-state index contributed by atoms with van der Waals surface area (Å²) in [5.74, 6) is 0.671. The zero-order valence-corrected chi connectivity index (χ0v) is 17.7. The average molecular weight is 422 g/mol. The van der Waals surface area contributed by atoms with E-state index in [1.807, 2.05) is 6.08 Å². The summed E-state index contributed by atoms with van der Waals surface area (Å²) < 4.78 is 12.8. The highest BCUT2D eigenvalue weighted by atomic mass is 16.7. The van der Waals surface area contributed by atoms with E-state index >= 15 is 0 Å². The summed E-state index contributed by atoms with van der Waals surface area (Å²) in [6.45, 7) is 6.03. The zero-order valence-electron chi connectivity index (χ0n) is 17.7. The molecule has 162 valence electrons. The normalized spacial score (nSPS) is 17.9. The molecule has 1 aliphatic heterocycles. The summed E-state index contributed by atoms with van der Waals surface area (Å²) in [6.07, 6.45) is 14.3. The number of hydrogen-bond acceptors (Lipinski definition) is 6. The first-order chi connectivity index (χ1) is 15.2. The van der Waals surface area contributed by atoms with Crippen LogP contribution in [0.1, 0.15) is 79.4 Å². The van der Waals surface area contributed by atoms with Gasteiger partial charge in [-0.2, -0.15) is 5.10 Å². The first kappa shape index (κ1) is 21.0. The summed E-state index contributed by atoms with van der Waals surface area (Å²) in [5.41, 5.74) is 3.52. The second-order valence-corrected chi connectivity index (χ2v) is 7.80. The molecule has 0 N–H and O–H groups in total. The van der Waals surface area contributed by atoms with Gasteiger partial charge in [0.2, 0.25) is 6.79 Å². The van der Waals surface area contributed by atoms with Gasteiger partial charge >= 0.3 is 5.91 Å². The molecule has 0 radical (unpaired) electrons. The fraction of sp³-hybridized carbons (Fsp3) is 0.435. The smallest absolute Gasteiger partial charge is 0.322 e. The van der Waals surface area contributed by atoms with Crippen molar-refractivity contribution >= 4 is 17.1 Å². The lowest BCUT2D eigenvalue weighted by Gasteiger charge is -2.21. The van der Waals surface area contributed by atoms with Crippen molar-refractivity contribution < 1.29 is 14.3 Å². The Kier molecular flexibility index (Phi) is 6.25. The number of nitroso groups, excluding NO2 is 1. The predicted molar refractivity (Wildman–Crippen MR) is 116 cm³/mol. The quantitative estimate of drug-likeness (QED) is 0.465. The molecule has 0 unspecified atom stereocenters. The molecule has 1 saturated carbocycles. The number of nitrogens with zero attached hydrogens (tertiary/aromatic N) is 4. The highest BCUT2D eigenvalue weighted by molar-refractivity contribution is 6.00. The minimum Gasteiger partial charge on any atom is -0.454 e. The Bertz CT molecular complexity index is 1070. The molecule has 3 heterocycles. The Labute approximate surface area is 180 Å². The van der Waals surface area contributed by atoms with Crippen molar-refractivity contribution in [1.29, 1.82) is 0 Å². The SMILES string of the molecule is C=CC1=C(/C=C(\CC)c2cnc3c(C(=O)N=O)cnn3c2C2CCCCCC2)OCO1. The number of rotatable bonds is 6. The number of hydrogen-bond donors (Lipinski definition) is 0. The predicted octanol–water partition coefficient (Wildman–Crippen LogP) is 5.27. The first-order valence-corrected chi connectivity index (χ1v) is 10.8. The molecule has 1 amide bonds. The van der Waals surface area contributed by atoms with Crippen molar-refractivity contribution in [3.8, 4) is 0 Å². The maximum atomic E-state index is 12.0. The van der Waals surface area contributed by atoms with Crippen LogP contribution >= 0.6 is 0 Å². The molecule has 31 heavy (non-hydrogen) atoms. The Morgan fingerprint density at radius 3 is 2.61 bits per heavy atom. The van der Waals surface area contributed by atoms with Gasteiger partial charge in [0.1, 0.15) is 5.56 Å².